The first-order chi connectivity index (χ1) is 11.1. The van der Waals surface area contributed by atoms with Gasteiger partial charge in [-0.2, -0.15) is 0 Å². The molecule has 1 atom stereocenters. The van der Waals surface area contributed by atoms with Crippen molar-refractivity contribution in [1.29, 1.82) is 0 Å². The number of nitrogens with one attached hydrogen (secondary N) is 1. The van der Waals surface area contributed by atoms with Crippen molar-refractivity contribution in [2.45, 2.75) is 19.9 Å². The molecule has 8 heteroatoms. The van der Waals surface area contributed by atoms with E-state index in [1.165, 1.54) is 0 Å². The van der Waals surface area contributed by atoms with E-state index in [1.807, 2.05) is 13.8 Å². The van der Waals surface area contributed by atoms with Crippen LogP contribution in [0.4, 0.5) is 11.1 Å². The summed E-state index contributed by atoms with van der Waals surface area (Å²) in [6, 6.07) is 1.51. The normalized spacial score (nSPS) is 17.0. The second-order valence-electron chi connectivity index (χ2n) is 5.53. The smallest absolute Gasteiger partial charge is 0.243 e. The van der Waals surface area contributed by atoms with E-state index < -0.39 is 0 Å². The summed E-state index contributed by atoms with van der Waals surface area (Å²) in [5.74, 6) is 0.274. The monoisotopic (exact) mass is 332 g/mol. The van der Waals surface area contributed by atoms with Crippen LogP contribution in [0.25, 0.3) is 0 Å². The molecule has 0 spiro atoms. The largest absolute Gasteiger partial charge is 0.346 e. The molecule has 0 aliphatic carbocycles. The highest BCUT2D eigenvalue weighted by atomic mass is 32.1. The maximum absolute atomic E-state index is 12.3. The number of amides is 1. The number of nitrogens with zero attached hydrogens (tertiary/aromatic N) is 5. The zero-order chi connectivity index (χ0) is 16.2. The van der Waals surface area contributed by atoms with Crippen LogP contribution in [0, 0.1) is 6.92 Å². The highest BCUT2D eigenvalue weighted by Gasteiger charge is 2.26. The van der Waals surface area contributed by atoms with Crippen LogP contribution >= 0.6 is 11.3 Å². The quantitative estimate of drug-likeness (QED) is 0.912. The number of thiazole rings is 1. The molecule has 1 unspecified atom stereocenters. The SMILES string of the molecule is Cc1csc(N2CCN(C(C)C(=O)Nc3ncccn3)CC2)n1. The van der Waals surface area contributed by atoms with E-state index in [0.29, 0.717) is 5.95 Å². The maximum atomic E-state index is 12.3. The van der Waals surface area contributed by atoms with Crippen LogP contribution in [0.5, 0.6) is 0 Å². The molecule has 2 aromatic rings. The van der Waals surface area contributed by atoms with Gasteiger partial charge in [-0.3, -0.25) is 15.0 Å². The lowest BCUT2D eigenvalue weighted by atomic mass is 10.2. The van der Waals surface area contributed by atoms with Gasteiger partial charge in [0.1, 0.15) is 0 Å². The number of hydrogen-bond donors (Lipinski definition) is 1. The lowest BCUT2D eigenvalue weighted by molar-refractivity contribution is -0.120. The van der Waals surface area contributed by atoms with Crippen molar-refractivity contribution in [3.8, 4) is 0 Å². The third-order valence-electron chi connectivity index (χ3n) is 3.92. The molecule has 3 rings (SSSR count). The van der Waals surface area contributed by atoms with Crippen LogP contribution in [-0.2, 0) is 4.79 Å². The number of piperazine rings is 1. The summed E-state index contributed by atoms with van der Waals surface area (Å²) in [6.07, 6.45) is 3.23. The van der Waals surface area contributed by atoms with Crippen LogP contribution in [0.3, 0.4) is 0 Å². The molecule has 1 saturated heterocycles. The van der Waals surface area contributed by atoms with E-state index in [9.17, 15) is 4.79 Å². The van der Waals surface area contributed by atoms with Gasteiger partial charge in [0.05, 0.1) is 11.7 Å². The summed E-state index contributed by atoms with van der Waals surface area (Å²) in [7, 11) is 0. The van der Waals surface area contributed by atoms with E-state index in [1.54, 1.807) is 29.8 Å². The van der Waals surface area contributed by atoms with Crippen molar-refractivity contribution in [3.05, 3.63) is 29.5 Å². The van der Waals surface area contributed by atoms with Crippen LogP contribution in [0.1, 0.15) is 12.6 Å². The number of hydrogen-bond acceptors (Lipinski definition) is 7. The van der Waals surface area contributed by atoms with Crippen LogP contribution in [0.15, 0.2) is 23.8 Å². The number of rotatable bonds is 4. The standard InChI is InChI=1S/C15H20N6OS/c1-11-10-23-15(18-11)21-8-6-20(7-9-21)12(2)13(22)19-14-16-4-3-5-17-14/h3-5,10,12H,6-9H2,1-2H3,(H,16,17,19,22). The van der Waals surface area contributed by atoms with Crippen LogP contribution < -0.4 is 10.2 Å². The predicted molar refractivity (Wildman–Crippen MR) is 90.8 cm³/mol. The molecule has 2 aromatic heterocycles. The average Bonchev–Trinajstić information content (AvgIpc) is 3.02. The zero-order valence-electron chi connectivity index (χ0n) is 13.3. The third-order valence-corrected chi connectivity index (χ3v) is 4.94. The lowest BCUT2D eigenvalue weighted by Crippen LogP contribution is -2.52. The zero-order valence-corrected chi connectivity index (χ0v) is 14.1. The molecule has 0 saturated carbocycles. The van der Waals surface area contributed by atoms with Gasteiger partial charge in [0.25, 0.3) is 0 Å². The van der Waals surface area contributed by atoms with Gasteiger partial charge in [-0.05, 0) is 19.9 Å². The molecule has 122 valence electrons. The first kappa shape index (κ1) is 15.8. The van der Waals surface area contributed by atoms with E-state index in [-0.39, 0.29) is 11.9 Å². The Morgan fingerprint density at radius 1 is 1.26 bits per heavy atom. The Kier molecular flexibility index (Phi) is 4.82. The van der Waals surface area contributed by atoms with Crippen molar-refractivity contribution in [3.63, 3.8) is 0 Å². The maximum Gasteiger partial charge on any atom is 0.243 e. The number of carbonyl (C=O) groups excluding carboxylic acids is 1. The van der Waals surface area contributed by atoms with Crippen molar-refractivity contribution < 1.29 is 4.79 Å². The second-order valence-corrected chi connectivity index (χ2v) is 6.37. The molecular formula is C15H20N6OS. The summed E-state index contributed by atoms with van der Waals surface area (Å²) in [6.45, 7) is 7.36. The number of aromatic nitrogens is 3. The van der Waals surface area contributed by atoms with E-state index in [4.69, 9.17) is 0 Å². The summed E-state index contributed by atoms with van der Waals surface area (Å²) in [5.41, 5.74) is 1.06. The van der Waals surface area contributed by atoms with E-state index in [2.05, 4.69) is 35.4 Å². The molecule has 0 radical (unpaired) electrons. The Labute approximate surface area is 139 Å². The fourth-order valence-electron chi connectivity index (χ4n) is 2.53. The molecule has 1 fully saturated rings. The highest BCUT2D eigenvalue weighted by molar-refractivity contribution is 7.13. The molecule has 1 aliphatic rings. The van der Waals surface area contributed by atoms with Crippen molar-refractivity contribution >= 4 is 28.3 Å². The molecular weight excluding hydrogens is 312 g/mol. The van der Waals surface area contributed by atoms with Crippen molar-refractivity contribution in [1.82, 2.24) is 19.9 Å². The molecule has 3 heterocycles. The summed E-state index contributed by atoms with van der Waals surface area (Å²) < 4.78 is 0. The van der Waals surface area contributed by atoms with Gasteiger partial charge in [0, 0.05) is 44.0 Å². The summed E-state index contributed by atoms with van der Waals surface area (Å²) >= 11 is 1.67. The van der Waals surface area contributed by atoms with E-state index >= 15 is 0 Å². The minimum absolute atomic E-state index is 0.0743. The molecule has 23 heavy (non-hydrogen) atoms. The minimum atomic E-state index is -0.209. The molecule has 0 bridgehead atoms. The molecule has 1 N–H and O–H groups in total. The Balaban J connectivity index is 1.53. The Morgan fingerprint density at radius 3 is 2.57 bits per heavy atom. The van der Waals surface area contributed by atoms with Gasteiger partial charge in [-0.15, -0.1) is 11.3 Å². The second kappa shape index (κ2) is 7.01. The van der Waals surface area contributed by atoms with Crippen LogP contribution in [0.2, 0.25) is 0 Å². The fraction of sp³-hybridized carbons (Fsp3) is 0.467. The molecule has 1 amide bonds. The van der Waals surface area contributed by atoms with Gasteiger partial charge in [0.2, 0.25) is 11.9 Å². The fourth-order valence-corrected chi connectivity index (χ4v) is 3.39. The van der Waals surface area contributed by atoms with Crippen molar-refractivity contribution in [2.24, 2.45) is 0 Å². The first-order valence-corrected chi connectivity index (χ1v) is 8.50. The lowest BCUT2D eigenvalue weighted by Gasteiger charge is -2.37. The predicted octanol–water partition coefficient (Wildman–Crippen LogP) is 1.39. The first-order valence-electron chi connectivity index (χ1n) is 7.62. The number of carbonyl (C=O) groups is 1. The number of aryl methyl sites for hydroxylation is 1. The Bertz CT molecular complexity index is 653. The third kappa shape index (κ3) is 3.83. The Morgan fingerprint density at radius 2 is 1.96 bits per heavy atom. The van der Waals surface area contributed by atoms with Crippen LogP contribution in [-0.4, -0.2) is 58.0 Å². The van der Waals surface area contributed by atoms with Gasteiger partial charge in [-0.25, -0.2) is 15.0 Å². The summed E-state index contributed by atoms with van der Waals surface area (Å²) in [4.78, 5) is 29.3. The van der Waals surface area contributed by atoms with Gasteiger partial charge >= 0.3 is 0 Å². The molecule has 7 nitrogen and oxygen atoms in total. The van der Waals surface area contributed by atoms with Gasteiger partial charge in [0.15, 0.2) is 5.13 Å². The minimum Gasteiger partial charge on any atom is -0.346 e. The highest BCUT2D eigenvalue weighted by Crippen LogP contribution is 2.21. The average molecular weight is 332 g/mol. The van der Waals surface area contributed by atoms with E-state index in [0.717, 1.165) is 37.0 Å². The Hall–Kier alpha value is -2.06. The summed E-state index contributed by atoms with van der Waals surface area (Å²) in [5, 5.41) is 5.89. The van der Waals surface area contributed by atoms with Gasteiger partial charge < -0.3 is 4.90 Å². The molecule has 0 aromatic carbocycles. The van der Waals surface area contributed by atoms with Gasteiger partial charge in [-0.1, -0.05) is 0 Å². The molecule has 1 aliphatic heterocycles. The topological polar surface area (TPSA) is 74.2 Å². The number of anilines is 2. The van der Waals surface area contributed by atoms with Crippen molar-refractivity contribution in [2.75, 3.05) is 36.4 Å².